The Balaban J connectivity index is 2.41. The standard InChI is InChI=1S/C10H11NO4/c1-10(6-3-2-4-15-6)5-7(12)11-8(10)9(13)14/h2-4,8H,5H2,1H3,(H,11,12)(H,13,14). The quantitative estimate of drug-likeness (QED) is 0.743. The Kier molecular flexibility index (Phi) is 2.03. The summed E-state index contributed by atoms with van der Waals surface area (Å²) in [6, 6.07) is 2.45. The molecule has 1 amide bonds. The summed E-state index contributed by atoms with van der Waals surface area (Å²) < 4.78 is 5.19. The average molecular weight is 209 g/mol. The van der Waals surface area contributed by atoms with E-state index in [1.165, 1.54) is 6.26 Å². The number of nitrogens with one attached hydrogen (secondary N) is 1. The van der Waals surface area contributed by atoms with Crippen molar-refractivity contribution in [2.45, 2.75) is 24.8 Å². The molecule has 0 bridgehead atoms. The van der Waals surface area contributed by atoms with Crippen molar-refractivity contribution in [3.63, 3.8) is 0 Å². The second-order valence-electron chi connectivity index (χ2n) is 3.91. The molecule has 0 radical (unpaired) electrons. The van der Waals surface area contributed by atoms with Crippen molar-refractivity contribution in [3.8, 4) is 0 Å². The second kappa shape index (κ2) is 3.12. The molecule has 80 valence electrons. The maximum atomic E-state index is 11.3. The number of amides is 1. The third-order valence-corrected chi connectivity index (χ3v) is 2.80. The Morgan fingerprint density at radius 1 is 1.73 bits per heavy atom. The van der Waals surface area contributed by atoms with E-state index < -0.39 is 17.4 Å². The minimum Gasteiger partial charge on any atom is -0.480 e. The molecule has 15 heavy (non-hydrogen) atoms. The number of rotatable bonds is 2. The van der Waals surface area contributed by atoms with E-state index in [0.29, 0.717) is 5.76 Å². The van der Waals surface area contributed by atoms with Crippen LogP contribution in [0.1, 0.15) is 19.1 Å². The highest BCUT2D eigenvalue weighted by Crippen LogP contribution is 2.35. The van der Waals surface area contributed by atoms with E-state index in [4.69, 9.17) is 9.52 Å². The topological polar surface area (TPSA) is 79.5 Å². The molecule has 5 heteroatoms. The van der Waals surface area contributed by atoms with E-state index in [0.717, 1.165) is 0 Å². The lowest BCUT2D eigenvalue weighted by molar-refractivity contribution is -0.141. The molecule has 1 aliphatic rings. The SMILES string of the molecule is CC1(c2ccco2)CC(=O)NC1C(=O)O. The van der Waals surface area contributed by atoms with Gasteiger partial charge in [0.25, 0.3) is 0 Å². The zero-order chi connectivity index (χ0) is 11.1. The van der Waals surface area contributed by atoms with Crippen LogP contribution < -0.4 is 5.32 Å². The normalized spacial score (nSPS) is 30.2. The first-order valence-electron chi connectivity index (χ1n) is 4.60. The summed E-state index contributed by atoms with van der Waals surface area (Å²) in [4.78, 5) is 22.3. The third-order valence-electron chi connectivity index (χ3n) is 2.80. The Morgan fingerprint density at radius 2 is 2.47 bits per heavy atom. The van der Waals surface area contributed by atoms with Gasteiger partial charge in [0.05, 0.1) is 11.7 Å². The third kappa shape index (κ3) is 1.40. The van der Waals surface area contributed by atoms with Crippen molar-refractivity contribution in [3.05, 3.63) is 24.2 Å². The van der Waals surface area contributed by atoms with Gasteiger partial charge in [-0.25, -0.2) is 4.79 Å². The fraction of sp³-hybridized carbons (Fsp3) is 0.400. The zero-order valence-electron chi connectivity index (χ0n) is 8.19. The van der Waals surface area contributed by atoms with Crippen LogP contribution in [0.3, 0.4) is 0 Å². The van der Waals surface area contributed by atoms with Crippen molar-refractivity contribution >= 4 is 11.9 Å². The Labute approximate surface area is 86.1 Å². The smallest absolute Gasteiger partial charge is 0.327 e. The van der Waals surface area contributed by atoms with Gasteiger partial charge in [-0.15, -0.1) is 0 Å². The fourth-order valence-electron chi connectivity index (χ4n) is 1.97. The first-order valence-corrected chi connectivity index (χ1v) is 4.60. The van der Waals surface area contributed by atoms with Gasteiger partial charge in [-0.3, -0.25) is 4.79 Å². The summed E-state index contributed by atoms with van der Waals surface area (Å²) in [6.07, 6.45) is 1.61. The van der Waals surface area contributed by atoms with Gasteiger partial charge in [-0.2, -0.15) is 0 Å². The largest absolute Gasteiger partial charge is 0.480 e. The first-order chi connectivity index (χ1) is 7.04. The number of carboxylic acid groups (broad SMARTS) is 1. The van der Waals surface area contributed by atoms with Crippen LogP contribution in [0.15, 0.2) is 22.8 Å². The maximum absolute atomic E-state index is 11.3. The highest BCUT2D eigenvalue weighted by Gasteiger charge is 2.50. The molecular weight excluding hydrogens is 198 g/mol. The molecule has 0 saturated carbocycles. The van der Waals surface area contributed by atoms with Crippen LogP contribution in [0.5, 0.6) is 0 Å². The predicted molar refractivity (Wildman–Crippen MR) is 50.2 cm³/mol. The minimum absolute atomic E-state index is 0.136. The summed E-state index contributed by atoms with van der Waals surface area (Å²) in [5, 5.41) is 11.4. The number of carbonyl (C=O) groups excluding carboxylic acids is 1. The fourth-order valence-corrected chi connectivity index (χ4v) is 1.97. The Bertz CT molecular complexity index is 398. The lowest BCUT2D eigenvalue weighted by atomic mass is 9.80. The molecule has 1 saturated heterocycles. The summed E-state index contributed by atoms with van der Waals surface area (Å²) >= 11 is 0. The van der Waals surface area contributed by atoms with Crippen molar-refractivity contribution < 1.29 is 19.1 Å². The van der Waals surface area contributed by atoms with E-state index in [1.54, 1.807) is 19.1 Å². The van der Waals surface area contributed by atoms with Gasteiger partial charge in [0.2, 0.25) is 5.91 Å². The highest BCUT2D eigenvalue weighted by molar-refractivity contribution is 5.90. The number of carboxylic acids is 1. The summed E-state index contributed by atoms with van der Waals surface area (Å²) in [7, 11) is 0. The molecule has 0 aromatic carbocycles. The number of carbonyl (C=O) groups is 2. The highest BCUT2D eigenvalue weighted by atomic mass is 16.4. The van der Waals surface area contributed by atoms with Gasteiger partial charge in [0.15, 0.2) is 0 Å². The van der Waals surface area contributed by atoms with Crippen molar-refractivity contribution in [1.82, 2.24) is 5.32 Å². The van der Waals surface area contributed by atoms with Gasteiger partial charge >= 0.3 is 5.97 Å². The van der Waals surface area contributed by atoms with Crippen LogP contribution >= 0.6 is 0 Å². The molecule has 2 heterocycles. The number of hydrogen-bond donors (Lipinski definition) is 2. The molecule has 2 rings (SSSR count). The van der Waals surface area contributed by atoms with Crippen LogP contribution in [0.2, 0.25) is 0 Å². The molecule has 2 N–H and O–H groups in total. The molecule has 2 unspecified atom stereocenters. The van der Waals surface area contributed by atoms with Gasteiger partial charge in [-0.1, -0.05) is 0 Å². The van der Waals surface area contributed by atoms with E-state index in [1.807, 2.05) is 0 Å². The molecule has 5 nitrogen and oxygen atoms in total. The molecule has 0 aliphatic carbocycles. The molecule has 0 spiro atoms. The molecule has 2 atom stereocenters. The van der Waals surface area contributed by atoms with Crippen molar-refractivity contribution in [2.24, 2.45) is 0 Å². The second-order valence-corrected chi connectivity index (χ2v) is 3.91. The van der Waals surface area contributed by atoms with Crippen LogP contribution in [0.4, 0.5) is 0 Å². The first kappa shape index (κ1) is 9.76. The van der Waals surface area contributed by atoms with E-state index >= 15 is 0 Å². The molecule has 1 aromatic heterocycles. The van der Waals surface area contributed by atoms with Gasteiger partial charge in [-0.05, 0) is 19.1 Å². The number of furan rings is 1. The van der Waals surface area contributed by atoms with E-state index in [2.05, 4.69) is 5.32 Å². The maximum Gasteiger partial charge on any atom is 0.327 e. The number of aliphatic carboxylic acids is 1. The summed E-state index contributed by atoms with van der Waals surface area (Å²) in [5.74, 6) is -0.783. The van der Waals surface area contributed by atoms with Crippen molar-refractivity contribution in [2.75, 3.05) is 0 Å². The molecule has 1 aromatic rings. The monoisotopic (exact) mass is 209 g/mol. The average Bonchev–Trinajstić information content (AvgIpc) is 2.72. The minimum atomic E-state index is -1.04. The number of hydrogen-bond acceptors (Lipinski definition) is 3. The Morgan fingerprint density at radius 3 is 3.00 bits per heavy atom. The van der Waals surface area contributed by atoms with Crippen LogP contribution in [-0.4, -0.2) is 23.0 Å². The predicted octanol–water partition coefficient (Wildman–Crippen LogP) is 0.510. The van der Waals surface area contributed by atoms with E-state index in [-0.39, 0.29) is 12.3 Å². The van der Waals surface area contributed by atoms with Gasteiger partial charge < -0.3 is 14.8 Å². The van der Waals surface area contributed by atoms with E-state index in [9.17, 15) is 9.59 Å². The zero-order valence-corrected chi connectivity index (χ0v) is 8.19. The van der Waals surface area contributed by atoms with Crippen LogP contribution in [0.25, 0.3) is 0 Å². The van der Waals surface area contributed by atoms with Crippen LogP contribution in [-0.2, 0) is 15.0 Å². The van der Waals surface area contributed by atoms with Gasteiger partial charge in [0.1, 0.15) is 11.8 Å². The lowest BCUT2D eigenvalue weighted by Gasteiger charge is -2.24. The summed E-state index contributed by atoms with van der Waals surface area (Å²) in [6.45, 7) is 1.71. The van der Waals surface area contributed by atoms with Gasteiger partial charge in [0, 0.05) is 6.42 Å². The molecule has 1 fully saturated rings. The molecule has 1 aliphatic heterocycles. The molecular formula is C10H11NO4. The lowest BCUT2D eigenvalue weighted by Crippen LogP contribution is -2.44. The van der Waals surface area contributed by atoms with Crippen LogP contribution in [0, 0.1) is 0 Å². The van der Waals surface area contributed by atoms with Crippen molar-refractivity contribution in [1.29, 1.82) is 0 Å². The Hall–Kier alpha value is -1.78. The summed E-state index contributed by atoms with van der Waals surface area (Å²) in [5.41, 5.74) is -0.799.